The number of rotatable bonds is 1. The molecular weight excluding hydrogens is 140 g/mol. The Morgan fingerprint density at radius 2 is 2.45 bits per heavy atom. The number of nitrogens with one attached hydrogen (secondary N) is 1. The molecule has 0 aliphatic heterocycles. The Labute approximate surface area is 65.1 Å². The standard InChI is InChI=1S/C7H10N4/c1-11(9)7(8)6-3-2-4-10-5-6/h2-5,8H,9H2,1H3. The van der Waals surface area contributed by atoms with Crippen molar-refractivity contribution in [3.05, 3.63) is 30.1 Å². The van der Waals surface area contributed by atoms with Gasteiger partial charge in [0.15, 0.2) is 0 Å². The largest absolute Gasteiger partial charge is 0.298 e. The van der Waals surface area contributed by atoms with Crippen molar-refractivity contribution in [2.45, 2.75) is 0 Å². The van der Waals surface area contributed by atoms with Gasteiger partial charge in [0.1, 0.15) is 5.84 Å². The Morgan fingerprint density at radius 3 is 2.91 bits per heavy atom. The molecule has 4 heteroatoms. The summed E-state index contributed by atoms with van der Waals surface area (Å²) in [5.41, 5.74) is 0.720. The third-order valence-corrected chi connectivity index (χ3v) is 1.29. The zero-order valence-electron chi connectivity index (χ0n) is 6.28. The van der Waals surface area contributed by atoms with Crippen molar-refractivity contribution in [1.82, 2.24) is 9.99 Å². The van der Waals surface area contributed by atoms with Crippen molar-refractivity contribution in [3.8, 4) is 0 Å². The number of hydrogen-bond donors (Lipinski definition) is 2. The summed E-state index contributed by atoms with van der Waals surface area (Å²) in [6.07, 6.45) is 3.26. The first kappa shape index (κ1) is 7.68. The number of nitrogens with two attached hydrogens (primary N) is 1. The van der Waals surface area contributed by atoms with Gasteiger partial charge < -0.3 is 0 Å². The van der Waals surface area contributed by atoms with Crippen LogP contribution in [0.25, 0.3) is 0 Å². The lowest BCUT2D eigenvalue weighted by atomic mass is 10.2. The fourth-order valence-corrected chi connectivity index (χ4v) is 0.706. The lowest BCUT2D eigenvalue weighted by Crippen LogP contribution is -2.33. The molecule has 0 fully saturated rings. The van der Waals surface area contributed by atoms with E-state index in [1.165, 1.54) is 5.01 Å². The molecule has 0 radical (unpaired) electrons. The first-order valence-corrected chi connectivity index (χ1v) is 3.19. The van der Waals surface area contributed by atoms with E-state index >= 15 is 0 Å². The highest BCUT2D eigenvalue weighted by atomic mass is 15.4. The molecule has 0 unspecified atom stereocenters. The maximum absolute atomic E-state index is 7.45. The molecule has 0 amide bonds. The molecular formula is C7H10N4. The Kier molecular flexibility index (Phi) is 2.18. The number of aromatic nitrogens is 1. The van der Waals surface area contributed by atoms with E-state index in [4.69, 9.17) is 11.3 Å². The van der Waals surface area contributed by atoms with Crippen molar-refractivity contribution < 1.29 is 0 Å². The third kappa shape index (κ3) is 1.75. The van der Waals surface area contributed by atoms with Gasteiger partial charge in [0.05, 0.1) is 0 Å². The molecule has 11 heavy (non-hydrogen) atoms. The van der Waals surface area contributed by atoms with Gasteiger partial charge in [-0.25, -0.2) is 5.84 Å². The van der Waals surface area contributed by atoms with Gasteiger partial charge >= 0.3 is 0 Å². The Bertz CT molecular complexity index is 242. The minimum Gasteiger partial charge on any atom is -0.298 e. The van der Waals surface area contributed by atoms with Crippen LogP contribution in [0.2, 0.25) is 0 Å². The van der Waals surface area contributed by atoms with E-state index in [9.17, 15) is 0 Å². The number of amidine groups is 1. The van der Waals surface area contributed by atoms with Gasteiger partial charge in [0, 0.05) is 25.0 Å². The normalized spacial score (nSPS) is 9.27. The smallest absolute Gasteiger partial charge is 0.143 e. The van der Waals surface area contributed by atoms with E-state index in [1.54, 1.807) is 31.6 Å². The molecule has 0 bridgehead atoms. The molecule has 1 aromatic rings. The summed E-state index contributed by atoms with van der Waals surface area (Å²) < 4.78 is 0. The van der Waals surface area contributed by atoms with Crippen LogP contribution in [-0.2, 0) is 0 Å². The van der Waals surface area contributed by atoms with E-state index in [0.29, 0.717) is 0 Å². The van der Waals surface area contributed by atoms with Crippen molar-refractivity contribution in [1.29, 1.82) is 5.41 Å². The van der Waals surface area contributed by atoms with Crippen molar-refractivity contribution >= 4 is 5.84 Å². The quantitative estimate of drug-likeness (QED) is 0.260. The molecule has 0 aliphatic rings. The molecule has 1 heterocycles. The number of hydrazine groups is 1. The summed E-state index contributed by atoms with van der Waals surface area (Å²) >= 11 is 0. The first-order valence-electron chi connectivity index (χ1n) is 3.19. The second-order valence-electron chi connectivity index (χ2n) is 2.20. The molecule has 58 valence electrons. The van der Waals surface area contributed by atoms with E-state index < -0.39 is 0 Å². The highest BCUT2D eigenvalue weighted by molar-refractivity contribution is 5.95. The van der Waals surface area contributed by atoms with E-state index in [0.717, 1.165) is 5.56 Å². The minimum atomic E-state index is 0.262. The third-order valence-electron chi connectivity index (χ3n) is 1.29. The van der Waals surface area contributed by atoms with Crippen LogP contribution in [0, 0.1) is 5.41 Å². The molecule has 0 saturated heterocycles. The van der Waals surface area contributed by atoms with Gasteiger partial charge in [-0.1, -0.05) is 0 Å². The zero-order valence-corrected chi connectivity index (χ0v) is 6.28. The molecule has 4 nitrogen and oxygen atoms in total. The molecule has 0 saturated carbocycles. The molecule has 1 rings (SSSR count). The molecule has 0 aliphatic carbocycles. The highest BCUT2D eigenvalue weighted by Crippen LogP contribution is 1.96. The maximum atomic E-state index is 7.45. The SMILES string of the molecule is CN(N)C(=N)c1cccnc1. The number of hydrogen-bond acceptors (Lipinski definition) is 3. The summed E-state index contributed by atoms with van der Waals surface area (Å²) in [7, 11) is 1.62. The maximum Gasteiger partial charge on any atom is 0.143 e. The molecule has 1 aromatic heterocycles. The number of pyridine rings is 1. The molecule has 3 N–H and O–H groups in total. The van der Waals surface area contributed by atoms with Crippen LogP contribution >= 0.6 is 0 Å². The van der Waals surface area contributed by atoms with Gasteiger partial charge in [-0.05, 0) is 12.1 Å². The second kappa shape index (κ2) is 3.12. The van der Waals surface area contributed by atoms with Crippen LogP contribution in [0.3, 0.4) is 0 Å². The fourth-order valence-electron chi connectivity index (χ4n) is 0.706. The van der Waals surface area contributed by atoms with Crippen LogP contribution in [0.4, 0.5) is 0 Å². The number of nitrogens with zero attached hydrogens (tertiary/aromatic N) is 2. The second-order valence-corrected chi connectivity index (χ2v) is 2.20. The van der Waals surface area contributed by atoms with E-state index in [1.807, 2.05) is 0 Å². The summed E-state index contributed by atoms with van der Waals surface area (Å²) in [5.74, 6) is 5.61. The fraction of sp³-hybridized carbons (Fsp3) is 0.143. The average molecular weight is 150 g/mol. The summed E-state index contributed by atoms with van der Waals surface area (Å²) in [5, 5.41) is 8.69. The van der Waals surface area contributed by atoms with Crippen molar-refractivity contribution in [3.63, 3.8) is 0 Å². The monoisotopic (exact) mass is 150 g/mol. The van der Waals surface area contributed by atoms with Crippen LogP contribution in [-0.4, -0.2) is 22.9 Å². The van der Waals surface area contributed by atoms with Gasteiger partial charge in [0.2, 0.25) is 0 Å². The van der Waals surface area contributed by atoms with Gasteiger partial charge in [0.25, 0.3) is 0 Å². The molecule has 0 spiro atoms. The Hall–Kier alpha value is -1.42. The van der Waals surface area contributed by atoms with E-state index in [2.05, 4.69) is 4.98 Å². The van der Waals surface area contributed by atoms with Gasteiger partial charge in [-0.2, -0.15) is 0 Å². The Balaban J connectivity index is 2.86. The lowest BCUT2D eigenvalue weighted by Gasteiger charge is -2.11. The van der Waals surface area contributed by atoms with Gasteiger partial charge in [-0.15, -0.1) is 0 Å². The van der Waals surface area contributed by atoms with Gasteiger partial charge in [-0.3, -0.25) is 15.4 Å². The van der Waals surface area contributed by atoms with Crippen LogP contribution < -0.4 is 5.84 Å². The molecule has 0 atom stereocenters. The van der Waals surface area contributed by atoms with Crippen LogP contribution in [0.5, 0.6) is 0 Å². The van der Waals surface area contributed by atoms with Crippen molar-refractivity contribution in [2.75, 3.05) is 7.05 Å². The Morgan fingerprint density at radius 1 is 1.73 bits per heavy atom. The summed E-state index contributed by atoms with van der Waals surface area (Å²) in [4.78, 5) is 3.87. The highest BCUT2D eigenvalue weighted by Gasteiger charge is 2.01. The zero-order chi connectivity index (χ0) is 8.27. The summed E-state index contributed by atoms with van der Waals surface area (Å²) in [6.45, 7) is 0. The van der Waals surface area contributed by atoms with Crippen LogP contribution in [0.15, 0.2) is 24.5 Å². The average Bonchev–Trinajstić information content (AvgIpc) is 2.05. The summed E-state index contributed by atoms with van der Waals surface area (Å²) in [6, 6.07) is 3.56. The van der Waals surface area contributed by atoms with Crippen LogP contribution in [0.1, 0.15) is 5.56 Å². The van der Waals surface area contributed by atoms with E-state index in [-0.39, 0.29) is 5.84 Å². The van der Waals surface area contributed by atoms with Crippen molar-refractivity contribution in [2.24, 2.45) is 5.84 Å². The minimum absolute atomic E-state index is 0.262. The molecule has 0 aromatic carbocycles. The lowest BCUT2D eigenvalue weighted by molar-refractivity contribution is 0.536. The first-order chi connectivity index (χ1) is 5.22. The topological polar surface area (TPSA) is 66.0 Å². The predicted molar refractivity (Wildman–Crippen MR) is 43.0 cm³/mol. The predicted octanol–water partition coefficient (Wildman–Crippen LogP) is 0.212.